The van der Waals surface area contributed by atoms with Crippen LogP contribution >= 0.6 is 0 Å². The van der Waals surface area contributed by atoms with Crippen molar-refractivity contribution in [2.75, 3.05) is 14.1 Å². The van der Waals surface area contributed by atoms with Crippen molar-refractivity contribution in [3.8, 4) is 0 Å². The van der Waals surface area contributed by atoms with Crippen LogP contribution in [0.4, 0.5) is 0 Å². The van der Waals surface area contributed by atoms with Gasteiger partial charge in [-0.15, -0.1) is 0 Å². The van der Waals surface area contributed by atoms with Gasteiger partial charge in [0.25, 0.3) is 5.91 Å². The Labute approximate surface area is 108 Å². The van der Waals surface area contributed by atoms with Gasteiger partial charge in [-0.2, -0.15) is 0 Å². The van der Waals surface area contributed by atoms with Crippen LogP contribution in [0, 0.1) is 6.07 Å². The minimum absolute atomic E-state index is 0. The SMILES string of the molecule is CN(C)C(=O)c1[c]cccc1.[I-].[Zn]. The van der Waals surface area contributed by atoms with E-state index in [0.717, 1.165) is 0 Å². The maximum atomic E-state index is 11.2. The molecule has 1 aromatic rings. The molecule has 0 saturated carbocycles. The van der Waals surface area contributed by atoms with Crippen LogP contribution in [0.15, 0.2) is 24.3 Å². The van der Waals surface area contributed by atoms with E-state index in [4.69, 9.17) is 0 Å². The molecule has 0 aliphatic carbocycles. The number of amides is 1. The largest absolute Gasteiger partial charge is 1.00 e. The van der Waals surface area contributed by atoms with Gasteiger partial charge in [-0.05, 0) is 12.1 Å². The van der Waals surface area contributed by atoms with Crippen molar-refractivity contribution in [1.29, 1.82) is 0 Å². The molecule has 0 bridgehead atoms. The molecule has 1 amide bonds. The molecule has 4 heteroatoms. The maximum absolute atomic E-state index is 11.2. The van der Waals surface area contributed by atoms with Gasteiger partial charge in [-0.1, -0.05) is 18.2 Å². The topological polar surface area (TPSA) is 20.3 Å². The van der Waals surface area contributed by atoms with Crippen molar-refractivity contribution in [2.45, 2.75) is 0 Å². The third-order valence-electron chi connectivity index (χ3n) is 1.35. The van der Waals surface area contributed by atoms with E-state index in [1.165, 1.54) is 4.90 Å². The summed E-state index contributed by atoms with van der Waals surface area (Å²) in [6, 6.07) is 10.0. The van der Waals surface area contributed by atoms with Gasteiger partial charge in [0, 0.05) is 39.1 Å². The van der Waals surface area contributed by atoms with Gasteiger partial charge in [0.1, 0.15) is 0 Å². The summed E-state index contributed by atoms with van der Waals surface area (Å²) in [6.45, 7) is 0. The molecule has 67 valence electrons. The van der Waals surface area contributed by atoms with Crippen molar-refractivity contribution in [3.63, 3.8) is 0 Å². The molecule has 0 fully saturated rings. The monoisotopic (exact) mass is 339 g/mol. The quantitative estimate of drug-likeness (QED) is 0.436. The van der Waals surface area contributed by atoms with Gasteiger partial charge in [0.2, 0.25) is 0 Å². The van der Waals surface area contributed by atoms with Crippen LogP contribution < -0.4 is 24.0 Å². The first kappa shape index (κ1) is 15.5. The van der Waals surface area contributed by atoms with E-state index in [0.29, 0.717) is 5.56 Å². The molecule has 0 heterocycles. The summed E-state index contributed by atoms with van der Waals surface area (Å²) in [7, 11) is 3.45. The summed E-state index contributed by atoms with van der Waals surface area (Å²) in [5.41, 5.74) is 0.609. The number of halogens is 1. The average molecular weight is 340 g/mol. The normalized spacial score (nSPS) is 7.85. The molecule has 0 aliphatic heterocycles. The summed E-state index contributed by atoms with van der Waals surface area (Å²) < 4.78 is 0. The minimum Gasteiger partial charge on any atom is -1.00 e. The minimum atomic E-state index is -0.00870. The van der Waals surface area contributed by atoms with Gasteiger partial charge in [-0.25, -0.2) is 0 Å². The Morgan fingerprint density at radius 2 is 2.00 bits per heavy atom. The van der Waals surface area contributed by atoms with Crippen molar-refractivity contribution < 1.29 is 48.2 Å². The first-order valence-corrected chi connectivity index (χ1v) is 3.40. The first-order valence-electron chi connectivity index (χ1n) is 3.40. The molecule has 1 aromatic carbocycles. The molecule has 13 heavy (non-hydrogen) atoms. The molecule has 1 radical (unpaired) electrons. The Bertz CT molecular complexity index is 251. The molecule has 0 N–H and O–H groups in total. The molecule has 0 atom stereocenters. The number of nitrogens with zero attached hydrogens (tertiary/aromatic N) is 1. The number of carbonyl (C=O) groups excluding carboxylic acids is 1. The number of carbonyl (C=O) groups is 1. The molecule has 0 spiro atoms. The summed E-state index contributed by atoms with van der Waals surface area (Å²) in [4.78, 5) is 12.8. The van der Waals surface area contributed by atoms with Gasteiger partial charge < -0.3 is 28.9 Å². The smallest absolute Gasteiger partial charge is 0.253 e. The van der Waals surface area contributed by atoms with Crippen LogP contribution in [0.2, 0.25) is 0 Å². The van der Waals surface area contributed by atoms with E-state index in [9.17, 15) is 4.79 Å². The summed E-state index contributed by atoms with van der Waals surface area (Å²) in [6.07, 6.45) is 0. The molecular formula is C9H10INOZn-. The summed E-state index contributed by atoms with van der Waals surface area (Å²) in [5, 5.41) is 0. The van der Waals surface area contributed by atoms with Crippen LogP contribution in [0.3, 0.4) is 0 Å². The first-order chi connectivity index (χ1) is 5.22. The number of hydrogen-bond acceptors (Lipinski definition) is 1. The predicted molar refractivity (Wildman–Crippen MR) is 43.3 cm³/mol. The zero-order valence-corrected chi connectivity index (χ0v) is 12.9. The number of hydrogen-bond donors (Lipinski definition) is 0. The van der Waals surface area contributed by atoms with Crippen LogP contribution in [-0.4, -0.2) is 24.9 Å². The molecule has 0 aliphatic rings. The summed E-state index contributed by atoms with van der Waals surface area (Å²) >= 11 is 0. The van der Waals surface area contributed by atoms with E-state index >= 15 is 0 Å². The van der Waals surface area contributed by atoms with E-state index in [1.54, 1.807) is 26.2 Å². The third kappa shape index (κ3) is 4.72. The van der Waals surface area contributed by atoms with E-state index in [2.05, 4.69) is 6.07 Å². The standard InChI is InChI=1S/C9H10NO.HI.Zn/c1-10(2)9(11)8-6-4-3-5-7-8;;/h3-6H,1-2H3;1H;/p-1. The zero-order chi connectivity index (χ0) is 8.27. The Hall–Kier alpha value is 0.0434. The fourth-order valence-corrected chi connectivity index (χ4v) is 0.767. The molecule has 0 aromatic heterocycles. The number of rotatable bonds is 1. The van der Waals surface area contributed by atoms with Crippen LogP contribution in [0.5, 0.6) is 0 Å². The molecule has 0 saturated heterocycles. The second-order valence-corrected chi connectivity index (χ2v) is 2.48. The molecule has 2 nitrogen and oxygen atoms in total. The van der Waals surface area contributed by atoms with E-state index in [1.807, 2.05) is 12.1 Å². The van der Waals surface area contributed by atoms with E-state index < -0.39 is 0 Å². The molecule has 0 unspecified atom stereocenters. The third-order valence-corrected chi connectivity index (χ3v) is 1.35. The predicted octanol–water partition coefficient (Wildman–Crippen LogP) is -1.81. The van der Waals surface area contributed by atoms with E-state index in [-0.39, 0.29) is 49.4 Å². The Balaban J connectivity index is 0. The van der Waals surface area contributed by atoms with Gasteiger partial charge in [0.15, 0.2) is 0 Å². The van der Waals surface area contributed by atoms with Crippen LogP contribution in [-0.2, 0) is 19.5 Å². The maximum Gasteiger partial charge on any atom is 0.253 e. The number of benzene rings is 1. The van der Waals surface area contributed by atoms with Crippen molar-refractivity contribution in [1.82, 2.24) is 4.90 Å². The Morgan fingerprint density at radius 3 is 2.38 bits per heavy atom. The molecule has 1 rings (SSSR count). The Morgan fingerprint density at radius 1 is 1.38 bits per heavy atom. The van der Waals surface area contributed by atoms with Crippen LogP contribution in [0.1, 0.15) is 10.4 Å². The van der Waals surface area contributed by atoms with Crippen LogP contribution in [0.25, 0.3) is 0 Å². The van der Waals surface area contributed by atoms with Gasteiger partial charge >= 0.3 is 0 Å². The van der Waals surface area contributed by atoms with Gasteiger partial charge in [-0.3, -0.25) is 4.79 Å². The summed E-state index contributed by atoms with van der Waals surface area (Å²) in [5.74, 6) is -0.00870. The van der Waals surface area contributed by atoms with Crippen molar-refractivity contribution in [2.24, 2.45) is 0 Å². The van der Waals surface area contributed by atoms with Gasteiger partial charge in [0.05, 0.1) is 0 Å². The fraction of sp³-hybridized carbons (Fsp3) is 0.222. The van der Waals surface area contributed by atoms with Crippen molar-refractivity contribution in [3.05, 3.63) is 35.9 Å². The second-order valence-electron chi connectivity index (χ2n) is 2.48. The average Bonchev–Trinajstić information content (AvgIpc) is 2.05. The Kier molecular flexibility index (Phi) is 8.89. The second kappa shape index (κ2) is 7.45. The molecular weight excluding hydrogens is 330 g/mol. The van der Waals surface area contributed by atoms with Crippen molar-refractivity contribution >= 4 is 5.91 Å². The zero-order valence-electron chi connectivity index (χ0n) is 7.75. The fourth-order valence-electron chi connectivity index (χ4n) is 0.767.